The number of nitrogens with zero attached hydrogens (tertiary/aromatic N) is 1. The third-order valence-electron chi connectivity index (χ3n) is 3.66. The van der Waals surface area contributed by atoms with Crippen molar-refractivity contribution in [1.82, 2.24) is 4.90 Å². The summed E-state index contributed by atoms with van der Waals surface area (Å²) in [6.07, 6.45) is -0.467. The highest BCUT2D eigenvalue weighted by atomic mass is 16.6. The lowest BCUT2D eigenvalue weighted by molar-refractivity contribution is -0.267. The molecule has 108 valence electrons. The number of amides is 1. The van der Waals surface area contributed by atoms with E-state index in [4.69, 9.17) is 9.47 Å². The minimum Gasteiger partial charge on any atom is -0.455 e. The maximum Gasteiger partial charge on any atom is 0.410 e. The van der Waals surface area contributed by atoms with Crippen LogP contribution in [0.4, 0.5) is 4.79 Å². The fourth-order valence-corrected chi connectivity index (χ4v) is 3.02. The second-order valence-electron chi connectivity index (χ2n) is 5.02. The summed E-state index contributed by atoms with van der Waals surface area (Å²) in [6.45, 7) is 3.15. The molecule has 2 aliphatic heterocycles. The van der Waals surface area contributed by atoms with Crippen LogP contribution in [0.2, 0.25) is 0 Å². The van der Waals surface area contributed by atoms with Crippen LogP contribution in [0, 0.1) is 0 Å². The zero-order valence-corrected chi connectivity index (χ0v) is 11.0. The number of hydrogen-bond donors (Lipinski definition) is 2. The summed E-state index contributed by atoms with van der Waals surface area (Å²) in [7, 11) is 0. The summed E-state index contributed by atoms with van der Waals surface area (Å²) in [5.41, 5.74) is 0. The van der Waals surface area contributed by atoms with E-state index < -0.39 is 30.0 Å². The highest BCUT2D eigenvalue weighted by molar-refractivity contribution is 5.70. The Balaban J connectivity index is 2.22. The van der Waals surface area contributed by atoms with Crippen molar-refractivity contribution in [2.24, 2.45) is 0 Å². The summed E-state index contributed by atoms with van der Waals surface area (Å²) < 4.78 is 9.97. The number of ether oxygens (including phenoxy) is 2. The van der Waals surface area contributed by atoms with Crippen molar-refractivity contribution in [2.75, 3.05) is 6.61 Å². The van der Waals surface area contributed by atoms with E-state index in [2.05, 4.69) is 0 Å². The van der Waals surface area contributed by atoms with Crippen molar-refractivity contribution < 1.29 is 29.3 Å². The van der Waals surface area contributed by atoms with E-state index in [0.717, 1.165) is 0 Å². The molecule has 19 heavy (non-hydrogen) atoms. The molecule has 2 fully saturated rings. The van der Waals surface area contributed by atoms with Gasteiger partial charge in [0.1, 0.15) is 0 Å². The van der Waals surface area contributed by atoms with Gasteiger partial charge in [-0.25, -0.2) is 4.79 Å². The van der Waals surface area contributed by atoms with E-state index in [1.54, 1.807) is 6.92 Å². The minimum atomic E-state index is -2.10. The van der Waals surface area contributed by atoms with E-state index in [1.165, 1.54) is 11.8 Å². The van der Waals surface area contributed by atoms with Crippen molar-refractivity contribution in [3.63, 3.8) is 0 Å². The van der Waals surface area contributed by atoms with Crippen molar-refractivity contribution >= 4 is 12.1 Å². The van der Waals surface area contributed by atoms with Gasteiger partial charge in [-0.15, -0.1) is 0 Å². The fourth-order valence-electron chi connectivity index (χ4n) is 3.02. The molecule has 2 rings (SSSR count). The molecule has 7 heteroatoms. The Labute approximate surface area is 111 Å². The molecule has 2 saturated heterocycles. The number of hydrogen-bond acceptors (Lipinski definition) is 6. The van der Waals surface area contributed by atoms with Gasteiger partial charge in [-0.1, -0.05) is 0 Å². The molecule has 7 nitrogen and oxygen atoms in total. The molecular weight excluding hydrogens is 254 g/mol. The lowest BCUT2D eigenvalue weighted by Crippen LogP contribution is -2.63. The summed E-state index contributed by atoms with van der Waals surface area (Å²) in [5, 5.41) is 20.0. The monoisotopic (exact) mass is 273 g/mol. The number of aliphatic hydroxyl groups is 2. The topological polar surface area (TPSA) is 96.3 Å². The predicted octanol–water partition coefficient (Wildman–Crippen LogP) is -0.00780. The molecule has 0 aromatic carbocycles. The molecule has 0 spiro atoms. The normalized spacial score (nSPS) is 32.0. The first-order chi connectivity index (χ1) is 8.86. The Morgan fingerprint density at radius 3 is 2.63 bits per heavy atom. The molecular formula is C12H19NO6. The molecule has 0 unspecified atom stereocenters. The number of fused-ring (bicyclic) bond motifs is 2. The average molecular weight is 273 g/mol. The first-order valence-corrected chi connectivity index (χ1v) is 6.44. The van der Waals surface area contributed by atoms with Crippen LogP contribution < -0.4 is 0 Å². The van der Waals surface area contributed by atoms with Crippen LogP contribution in [0.25, 0.3) is 0 Å². The largest absolute Gasteiger partial charge is 0.455 e. The molecule has 0 aliphatic carbocycles. The second-order valence-corrected chi connectivity index (χ2v) is 5.02. The van der Waals surface area contributed by atoms with Gasteiger partial charge < -0.3 is 19.7 Å². The van der Waals surface area contributed by atoms with Gasteiger partial charge in [0.05, 0.1) is 12.6 Å². The smallest absolute Gasteiger partial charge is 0.410 e. The summed E-state index contributed by atoms with van der Waals surface area (Å²) in [6, 6.07) is -0.831. The van der Waals surface area contributed by atoms with Crippen molar-refractivity contribution in [2.45, 2.75) is 57.1 Å². The van der Waals surface area contributed by atoms with Gasteiger partial charge in [-0.2, -0.15) is 0 Å². The average Bonchev–Trinajstić information content (AvgIpc) is 2.62. The van der Waals surface area contributed by atoms with Gasteiger partial charge in [0.15, 0.2) is 6.10 Å². The molecule has 0 aromatic heterocycles. The van der Waals surface area contributed by atoms with Crippen molar-refractivity contribution in [1.29, 1.82) is 0 Å². The highest BCUT2D eigenvalue weighted by Gasteiger charge is 2.57. The maximum absolute atomic E-state index is 11.9. The Bertz CT molecular complexity index is 382. The molecule has 2 heterocycles. The van der Waals surface area contributed by atoms with Gasteiger partial charge in [0.25, 0.3) is 0 Å². The Morgan fingerprint density at radius 2 is 2.05 bits per heavy atom. The Morgan fingerprint density at radius 1 is 1.37 bits per heavy atom. The SMILES string of the molecule is CCOC(=O)N1[C@H]2CC[C@@H]1[C@H](OC(C)=O)C(O)(O)C2. The van der Waals surface area contributed by atoms with Gasteiger partial charge in [0.2, 0.25) is 5.79 Å². The molecule has 2 bridgehead atoms. The first kappa shape index (κ1) is 14.1. The van der Waals surface area contributed by atoms with Crippen LogP contribution in [-0.2, 0) is 14.3 Å². The van der Waals surface area contributed by atoms with Crippen LogP contribution >= 0.6 is 0 Å². The molecule has 0 aromatic rings. The molecule has 0 saturated carbocycles. The van der Waals surface area contributed by atoms with Crippen LogP contribution in [0.3, 0.4) is 0 Å². The van der Waals surface area contributed by atoms with Gasteiger partial charge >= 0.3 is 12.1 Å². The van der Waals surface area contributed by atoms with E-state index in [9.17, 15) is 19.8 Å². The minimum absolute atomic E-state index is 0.0414. The summed E-state index contributed by atoms with van der Waals surface area (Å²) in [4.78, 5) is 24.5. The number of carbonyl (C=O) groups is 2. The van der Waals surface area contributed by atoms with E-state index >= 15 is 0 Å². The molecule has 1 amide bonds. The Hall–Kier alpha value is -1.34. The van der Waals surface area contributed by atoms with Crippen LogP contribution in [0.15, 0.2) is 0 Å². The van der Waals surface area contributed by atoms with Crippen LogP contribution in [0.1, 0.15) is 33.1 Å². The lowest BCUT2D eigenvalue weighted by atomic mass is 9.93. The van der Waals surface area contributed by atoms with Gasteiger partial charge in [-0.3, -0.25) is 9.69 Å². The fraction of sp³-hybridized carbons (Fsp3) is 0.833. The third-order valence-corrected chi connectivity index (χ3v) is 3.66. The maximum atomic E-state index is 11.9. The quantitative estimate of drug-likeness (QED) is 0.542. The number of esters is 1. The number of piperidine rings is 1. The third kappa shape index (κ3) is 2.52. The van der Waals surface area contributed by atoms with Crippen molar-refractivity contribution in [3.05, 3.63) is 0 Å². The summed E-state index contributed by atoms with van der Waals surface area (Å²) >= 11 is 0. The highest BCUT2D eigenvalue weighted by Crippen LogP contribution is 2.41. The zero-order chi connectivity index (χ0) is 14.2. The second kappa shape index (κ2) is 4.97. The van der Waals surface area contributed by atoms with Crippen LogP contribution in [-0.4, -0.2) is 57.8 Å². The molecule has 2 aliphatic rings. The molecule has 3 atom stereocenters. The van der Waals surface area contributed by atoms with E-state index in [-0.39, 0.29) is 19.1 Å². The molecule has 0 radical (unpaired) electrons. The predicted molar refractivity (Wildman–Crippen MR) is 63.0 cm³/mol. The number of carbonyl (C=O) groups excluding carboxylic acids is 2. The Kier molecular flexibility index (Phi) is 3.69. The molecule has 2 N–H and O–H groups in total. The lowest BCUT2D eigenvalue weighted by Gasteiger charge is -2.45. The standard InChI is InChI=1S/C12H19NO6/c1-3-18-11(15)13-8-4-5-9(13)10(19-7(2)14)12(16,17)6-8/h8-10,16-17H,3-6H2,1-2H3/t8-,9+,10-/m0/s1. The first-order valence-electron chi connectivity index (χ1n) is 6.44. The van der Waals surface area contributed by atoms with Crippen LogP contribution in [0.5, 0.6) is 0 Å². The number of rotatable bonds is 2. The van der Waals surface area contributed by atoms with Crippen molar-refractivity contribution in [3.8, 4) is 0 Å². The van der Waals surface area contributed by atoms with Gasteiger partial charge in [-0.05, 0) is 19.8 Å². The van der Waals surface area contributed by atoms with E-state index in [1.807, 2.05) is 0 Å². The summed E-state index contributed by atoms with van der Waals surface area (Å²) in [5.74, 6) is -2.70. The van der Waals surface area contributed by atoms with E-state index in [0.29, 0.717) is 12.8 Å². The zero-order valence-electron chi connectivity index (χ0n) is 11.0. The van der Waals surface area contributed by atoms with Gasteiger partial charge in [0, 0.05) is 19.4 Å².